The first-order valence-electron chi connectivity index (χ1n) is 10.2. The van der Waals surface area contributed by atoms with Gasteiger partial charge in [-0.05, 0) is 44.2 Å². The molecule has 9 heteroatoms. The van der Waals surface area contributed by atoms with Gasteiger partial charge < -0.3 is 5.32 Å². The lowest BCUT2D eigenvalue weighted by atomic mass is 9.91. The Balaban J connectivity index is 1.40. The molecule has 1 aromatic heterocycles. The summed E-state index contributed by atoms with van der Waals surface area (Å²) in [6.45, 7) is 0.534. The number of aryl methyl sites for hydroxylation is 1. The highest BCUT2D eigenvalue weighted by atomic mass is 32.2. The molecule has 1 aliphatic carbocycles. The molecule has 0 spiro atoms. The van der Waals surface area contributed by atoms with Gasteiger partial charge in [-0.3, -0.25) is 9.48 Å². The van der Waals surface area contributed by atoms with Crippen molar-refractivity contribution in [3.8, 4) is 6.07 Å². The number of rotatable bonds is 4. The predicted octanol–water partition coefficient (Wildman–Crippen LogP) is 1.89. The van der Waals surface area contributed by atoms with Gasteiger partial charge in [-0.25, -0.2) is 8.42 Å². The first kappa shape index (κ1) is 20.6. The van der Waals surface area contributed by atoms with Crippen molar-refractivity contribution in [3.63, 3.8) is 0 Å². The number of fused-ring (bicyclic) bond motifs is 1. The maximum atomic E-state index is 13.0. The molecule has 2 aromatic rings. The van der Waals surface area contributed by atoms with E-state index in [0.717, 1.165) is 24.8 Å². The van der Waals surface area contributed by atoms with Crippen LogP contribution in [0.5, 0.6) is 0 Å². The Morgan fingerprint density at radius 1 is 1.23 bits per heavy atom. The highest BCUT2D eigenvalue weighted by molar-refractivity contribution is 7.89. The van der Waals surface area contributed by atoms with Gasteiger partial charge in [0.05, 0.1) is 22.7 Å². The van der Waals surface area contributed by atoms with Gasteiger partial charge in [-0.15, -0.1) is 0 Å². The van der Waals surface area contributed by atoms with Gasteiger partial charge in [-0.2, -0.15) is 14.7 Å². The van der Waals surface area contributed by atoms with Crippen LogP contribution in [0.3, 0.4) is 0 Å². The van der Waals surface area contributed by atoms with Gasteiger partial charge in [0.2, 0.25) is 15.9 Å². The molecule has 1 aromatic carbocycles. The molecule has 2 aliphatic rings. The number of hydrogen-bond acceptors (Lipinski definition) is 5. The molecule has 158 valence electrons. The SMILES string of the molecule is Cn1ncc2c1CCCC2NC(=O)C1CCN(S(=O)(=O)c2ccccc2C#N)CC1. The topological polar surface area (TPSA) is 108 Å². The Hall–Kier alpha value is -2.70. The van der Waals surface area contributed by atoms with Gasteiger partial charge in [0, 0.05) is 37.3 Å². The summed E-state index contributed by atoms with van der Waals surface area (Å²) < 4.78 is 29.2. The minimum Gasteiger partial charge on any atom is -0.349 e. The molecule has 1 atom stereocenters. The third-order valence-electron chi connectivity index (χ3n) is 6.14. The number of sulfonamides is 1. The molecule has 0 radical (unpaired) electrons. The molecule has 2 heterocycles. The highest BCUT2D eigenvalue weighted by Crippen LogP contribution is 2.31. The van der Waals surface area contributed by atoms with E-state index in [1.54, 1.807) is 12.1 Å². The summed E-state index contributed by atoms with van der Waals surface area (Å²) in [6, 6.07) is 8.14. The van der Waals surface area contributed by atoms with Crippen molar-refractivity contribution in [1.82, 2.24) is 19.4 Å². The summed E-state index contributed by atoms with van der Waals surface area (Å²) in [6.07, 6.45) is 5.63. The van der Waals surface area contributed by atoms with E-state index in [4.69, 9.17) is 0 Å². The van der Waals surface area contributed by atoms with Crippen molar-refractivity contribution >= 4 is 15.9 Å². The Labute approximate surface area is 176 Å². The van der Waals surface area contributed by atoms with Crippen molar-refractivity contribution < 1.29 is 13.2 Å². The number of nitrogens with zero attached hydrogens (tertiary/aromatic N) is 4. The fraction of sp³-hybridized carbons (Fsp3) is 0.476. The number of carbonyl (C=O) groups is 1. The van der Waals surface area contributed by atoms with Gasteiger partial charge in [0.25, 0.3) is 0 Å². The number of aromatic nitrogens is 2. The summed E-state index contributed by atoms with van der Waals surface area (Å²) in [5, 5.41) is 16.7. The maximum Gasteiger partial charge on any atom is 0.244 e. The second-order valence-corrected chi connectivity index (χ2v) is 9.82. The van der Waals surface area contributed by atoms with Crippen LogP contribution in [0, 0.1) is 17.2 Å². The molecule has 1 fully saturated rings. The highest BCUT2D eigenvalue weighted by Gasteiger charge is 2.34. The zero-order chi connectivity index (χ0) is 21.3. The average Bonchev–Trinajstić information content (AvgIpc) is 3.15. The van der Waals surface area contributed by atoms with Gasteiger partial charge >= 0.3 is 0 Å². The van der Waals surface area contributed by atoms with Crippen LogP contribution in [0.1, 0.15) is 48.5 Å². The zero-order valence-electron chi connectivity index (χ0n) is 16.9. The van der Waals surface area contributed by atoms with Crippen LogP contribution >= 0.6 is 0 Å². The molecule has 1 N–H and O–H groups in total. The van der Waals surface area contributed by atoms with E-state index in [2.05, 4.69) is 10.4 Å². The molecular formula is C21H25N5O3S. The maximum absolute atomic E-state index is 13.0. The van der Waals surface area contributed by atoms with Crippen LogP contribution < -0.4 is 5.32 Å². The zero-order valence-corrected chi connectivity index (χ0v) is 17.7. The van der Waals surface area contributed by atoms with E-state index >= 15 is 0 Å². The van der Waals surface area contributed by atoms with Crippen molar-refractivity contribution in [2.75, 3.05) is 13.1 Å². The minimum atomic E-state index is -3.75. The molecule has 8 nitrogen and oxygen atoms in total. The third-order valence-corrected chi connectivity index (χ3v) is 8.10. The second-order valence-electron chi connectivity index (χ2n) is 7.91. The molecule has 1 saturated heterocycles. The quantitative estimate of drug-likeness (QED) is 0.802. The lowest BCUT2D eigenvalue weighted by Crippen LogP contribution is -2.44. The summed E-state index contributed by atoms with van der Waals surface area (Å²) in [4.78, 5) is 12.9. The van der Waals surface area contributed by atoms with E-state index < -0.39 is 10.0 Å². The second kappa shape index (κ2) is 8.20. The van der Waals surface area contributed by atoms with E-state index in [9.17, 15) is 18.5 Å². The fourth-order valence-electron chi connectivity index (χ4n) is 4.43. The molecule has 1 amide bonds. The van der Waals surface area contributed by atoms with Crippen LogP contribution in [0.25, 0.3) is 0 Å². The smallest absolute Gasteiger partial charge is 0.244 e. The molecule has 1 aliphatic heterocycles. The van der Waals surface area contributed by atoms with Gasteiger partial charge in [-0.1, -0.05) is 12.1 Å². The molecule has 0 bridgehead atoms. The van der Waals surface area contributed by atoms with E-state index in [-0.39, 0.29) is 41.4 Å². The summed E-state index contributed by atoms with van der Waals surface area (Å²) in [5.41, 5.74) is 2.40. The van der Waals surface area contributed by atoms with Crippen LogP contribution in [0.2, 0.25) is 0 Å². The average molecular weight is 428 g/mol. The first-order valence-corrected chi connectivity index (χ1v) is 11.7. The number of nitriles is 1. The first-order chi connectivity index (χ1) is 14.4. The number of amides is 1. The Morgan fingerprint density at radius 3 is 2.70 bits per heavy atom. The van der Waals surface area contributed by atoms with Gasteiger partial charge in [0.15, 0.2) is 0 Å². The lowest BCUT2D eigenvalue weighted by Gasteiger charge is -2.32. The largest absolute Gasteiger partial charge is 0.349 e. The fourth-order valence-corrected chi connectivity index (χ4v) is 6.04. The van der Waals surface area contributed by atoms with E-state index in [0.29, 0.717) is 12.8 Å². The molecular weight excluding hydrogens is 402 g/mol. The minimum absolute atomic E-state index is 0.0221. The Bertz CT molecular complexity index is 1090. The molecule has 4 rings (SSSR count). The van der Waals surface area contributed by atoms with Crippen LogP contribution in [-0.4, -0.2) is 41.5 Å². The molecule has 30 heavy (non-hydrogen) atoms. The predicted molar refractivity (Wildman–Crippen MR) is 110 cm³/mol. The number of hydrogen-bond donors (Lipinski definition) is 1. The Morgan fingerprint density at radius 2 is 1.97 bits per heavy atom. The number of nitrogens with one attached hydrogen (secondary N) is 1. The standard InChI is InChI=1S/C21H25N5O3S/c1-25-19-7-4-6-18(17(19)14-23-25)24-21(27)15-9-11-26(12-10-15)30(28,29)20-8-3-2-5-16(20)13-22/h2-3,5,8,14-15,18H,4,6-7,9-12H2,1H3,(H,24,27). The monoisotopic (exact) mass is 427 g/mol. The lowest BCUT2D eigenvalue weighted by molar-refractivity contribution is -0.127. The van der Waals surface area contributed by atoms with Crippen molar-refractivity contribution in [3.05, 3.63) is 47.3 Å². The summed E-state index contributed by atoms with van der Waals surface area (Å²) in [7, 11) is -1.83. The Kier molecular flexibility index (Phi) is 5.62. The normalized spacial score (nSPS) is 20.3. The summed E-state index contributed by atoms with van der Waals surface area (Å²) >= 11 is 0. The van der Waals surface area contributed by atoms with Gasteiger partial charge in [0.1, 0.15) is 6.07 Å². The number of benzene rings is 1. The van der Waals surface area contributed by atoms with Crippen molar-refractivity contribution in [1.29, 1.82) is 5.26 Å². The van der Waals surface area contributed by atoms with Crippen LogP contribution in [0.4, 0.5) is 0 Å². The van der Waals surface area contributed by atoms with Crippen LogP contribution in [-0.2, 0) is 28.3 Å². The molecule has 0 saturated carbocycles. The van der Waals surface area contributed by atoms with E-state index in [1.165, 1.54) is 22.1 Å². The third kappa shape index (κ3) is 3.73. The number of carbonyl (C=O) groups excluding carboxylic acids is 1. The van der Waals surface area contributed by atoms with E-state index in [1.807, 2.05) is 24.0 Å². The number of piperidine rings is 1. The summed E-state index contributed by atoms with van der Waals surface area (Å²) in [5.74, 6) is -0.240. The molecule has 1 unspecified atom stereocenters. The van der Waals surface area contributed by atoms with Crippen molar-refractivity contribution in [2.45, 2.75) is 43.0 Å². The van der Waals surface area contributed by atoms with Crippen molar-refractivity contribution in [2.24, 2.45) is 13.0 Å². The van der Waals surface area contributed by atoms with Crippen LogP contribution in [0.15, 0.2) is 35.4 Å².